The molecule has 1 unspecified atom stereocenters. The van der Waals surface area contributed by atoms with Crippen LogP contribution in [0.25, 0.3) is 77.6 Å². The fourth-order valence-electron chi connectivity index (χ4n) is 9.51. The molecule has 0 amide bonds. The quantitative estimate of drug-likeness (QED) is 0.170. The molecular weight excluding hydrogens is 709 g/mol. The van der Waals surface area contributed by atoms with Crippen molar-refractivity contribution in [2.75, 3.05) is 4.90 Å². The first-order chi connectivity index (χ1) is 28.7. The molecule has 58 heavy (non-hydrogen) atoms. The Kier molecular flexibility index (Phi) is 7.45. The maximum atomic E-state index is 6.76. The van der Waals surface area contributed by atoms with Crippen LogP contribution in [0.5, 0.6) is 0 Å². The first kappa shape index (κ1) is 32.9. The number of nitrogens with zero attached hydrogens (tertiary/aromatic N) is 2. The third-order valence-corrected chi connectivity index (χ3v) is 12.2. The lowest BCUT2D eigenvalue weighted by molar-refractivity contribution is 0.592. The lowest BCUT2D eigenvalue weighted by Gasteiger charge is -2.32. The summed E-state index contributed by atoms with van der Waals surface area (Å²) in [6.07, 6.45) is 12.0. The Labute approximate surface area is 335 Å². The highest BCUT2D eigenvalue weighted by Gasteiger charge is 2.27. The van der Waals surface area contributed by atoms with Gasteiger partial charge in [-0.15, -0.1) is 0 Å². The van der Waals surface area contributed by atoms with Gasteiger partial charge in [-0.1, -0.05) is 127 Å². The van der Waals surface area contributed by atoms with E-state index in [0.717, 1.165) is 63.9 Å². The van der Waals surface area contributed by atoms with Gasteiger partial charge in [0.2, 0.25) is 0 Å². The zero-order valence-electron chi connectivity index (χ0n) is 31.8. The van der Waals surface area contributed by atoms with Gasteiger partial charge in [-0.3, -0.25) is 0 Å². The van der Waals surface area contributed by atoms with Gasteiger partial charge < -0.3 is 18.3 Å². The molecule has 3 aromatic heterocycles. The average molecular weight is 747 g/mol. The predicted molar refractivity (Wildman–Crippen MR) is 240 cm³/mol. The van der Waals surface area contributed by atoms with E-state index in [1.807, 2.05) is 6.07 Å². The van der Waals surface area contributed by atoms with Gasteiger partial charge in [0.1, 0.15) is 22.5 Å². The van der Waals surface area contributed by atoms with E-state index in [1.54, 1.807) is 0 Å². The second-order valence-electron chi connectivity index (χ2n) is 15.5. The summed E-state index contributed by atoms with van der Waals surface area (Å²) < 4.78 is 15.6. The smallest absolute Gasteiger partial charge is 0.139 e. The van der Waals surface area contributed by atoms with Gasteiger partial charge in [0.25, 0.3) is 0 Å². The van der Waals surface area contributed by atoms with Gasteiger partial charge in [-0.05, 0) is 85.0 Å². The molecule has 10 aromatic rings. The summed E-state index contributed by atoms with van der Waals surface area (Å²) in [7, 11) is 0. The number of aryl methyl sites for hydroxylation is 1. The lowest BCUT2D eigenvalue weighted by Crippen LogP contribution is -2.24. The fraction of sp³-hybridized carbons (Fsp3) is 0.0741. The summed E-state index contributed by atoms with van der Waals surface area (Å²) in [6, 6.07) is 58.6. The SMILES string of the molecule is C1=CC(c2cc(-n3c4ccccc4c4ccc(-c5ccccc5)cc43)cc3c2oc2ccccc23)CC=C1N(C1=Cc2oc3ccccc3c2CC1)c1ccccc1. The Morgan fingerprint density at radius 2 is 1.26 bits per heavy atom. The van der Waals surface area contributed by atoms with Crippen LogP contribution in [0.4, 0.5) is 5.69 Å². The van der Waals surface area contributed by atoms with E-state index in [9.17, 15) is 0 Å². The van der Waals surface area contributed by atoms with Crippen LogP contribution in [0.3, 0.4) is 0 Å². The van der Waals surface area contributed by atoms with E-state index < -0.39 is 0 Å². The van der Waals surface area contributed by atoms with Gasteiger partial charge in [0.05, 0.1) is 11.0 Å². The van der Waals surface area contributed by atoms with E-state index in [2.05, 4.69) is 191 Å². The number of hydrogen-bond acceptors (Lipinski definition) is 3. The lowest BCUT2D eigenvalue weighted by atomic mass is 9.89. The number of hydrogen-bond donors (Lipinski definition) is 0. The van der Waals surface area contributed by atoms with Gasteiger partial charge in [0.15, 0.2) is 0 Å². The Hall–Kier alpha value is -7.30. The van der Waals surface area contributed by atoms with Crippen molar-refractivity contribution in [1.82, 2.24) is 4.57 Å². The normalized spacial score (nSPS) is 15.3. The topological polar surface area (TPSA) is 34.5 Å². The Morgan fingerprint density at radius 1 is 0.552 bits per heavy atom. The maximum absolute atomic E-state index is 6.76. The van der Waals surface area contributed by atoms with Crippen LogP contribution >= 0.6 is 0 Å². The molecule has 0 saturated carbocycles. The molecule has 4 heteroatoms. The minimum atomic E-state index is 0.111. The van der Waals surface area contributed by atoms with Crippen LogP contribution in [-0.4, -0.2) is 4.57 Å². The zero-order valence-corrected chi connectivity index (χ0v) is 31.8. The third-order valence-electron chi connectivity index (χ3n) is 12.2. The van der Waals surface area contributed by atoms with Crippen LogP contribution in [0, 0.1) is 0 Å². The number of fused-ring (bicyclic) bond motifs is 9. The average Bonchev–Trinajstić information content (AvgIpc) is 3.96. The minimum absolute atomic E-state index is 0.111. The molecule has 1 atom stereocenters. The van der Waals surface area contributed by atoms with Crippen molar-refractivity contribution in [2.24, 2.45) is 0 Å². The van der Waals surface area contributed by atoms with E-state index in [-0.39, 0.29) is 5.92 Å². The number of furan rings is 2. The highest BCUT2D eigenvalue weighted by molar-refractivity contribution is 6.12. The summed E-state index contributed by atoms with van der Waals surface area (Å²) in [5, 5.41) is 5.97. The monoisotopic (exact) mass is 746 g/mol. The van der Waals surface area contributed by atoms with Crippen molar-refractivity contribution in [2.45, 2.75) is 25.2 Å². The van der Waals surface area contributed by atoms with Gasteiger partial charge >= 0.3 is 0 Å². The highest BCUT2D eigenvalue weighted by atomic mass is 16.3. The molecule has 0 N–H and O–H groups in total. The standard InChI is InChI=1S/C54H38N2O2/c1-3-13-35(14-4-1)37-25-29-43-42-17-7-10-20-49(42)56(50(43)31-37)41-32-47(54-48(33-41)45-19-9-12-22-52(45)58-54)36-23-26-39(27-24-36)55(38-15-5-2-6-16-38)40-28-30-46-44-18-8-11-21-51(44)57-53(46)34-40/h1-23,25-27,29,31-34,36H,24,28,30H2. The maximum Gasteiger partial charge on any atom is 0.139 e. The van der Waals surface area contributed by atoms with Crippen molar-refractivity contribution >= 4 is 66.5 Å². The number of anilines is 1. The highest BCUT2D eigenvalue weighted by Crippen LogP contribution is 2.43. The fourth-order valence-corrected chi connectivity index (χ4v) is 9.51. The van der Waals surface area contributed by atoms with Gasteiger partial charge in [0, 0.05) is 72.8 Å². The molecule has 0 aliphatic heterocycles. The second-order valence-corrected chi connectivity index (χ2v) is 15.5. The molecule has 7 aromatic carbocycles. The summed E-state index contributed by atoms with van der Waals surface area (Å²) in [6.45, 7) is 0. The number of para-hydroxylation sites is 4. The van der Waals surface area contributed by atoms with Crippen molar-refractivity contribution in [1.29, 1.82) is 0 Å². The molecule has 0 spiro atoms. The van der Waals surface area contributed by atoms with E-state index in [4.69, 9.17) is 8.83 Å². The number of rotatable bonds is 6. The van der Waals surface area contributed by atoms with Crippen LogP contribution in [0.15, 0.2) is 202 Å². The van der Waals surface area contributed by atoms with E-state index in [0.29, 0.717) is 0 Å². The first-order valence-corrected chi connectivity index (χ1v) is 20.2. The number of allylic oxidation sites excluding steroid dienone is 4. The molecule has 2 aliphatic carbocycles. The Balaban J connectivity index is 0.995. The minimum Gasteiger partial charge on any atom is -0.456 e. The van der Waals surface area contributed by atoms with Crippen LogP contribution in [0.2, 0.25) is 0 Å². The third kappa shape index (κ3) is 5.22. The van der Waals surface area contributed by atoms with Crippen molar-refractivity contribution in [3.8, 4) is 16.8 Å². The molecular formula is C54H38N2O2. The van der Waals surface area contributed by atoms with Crippen LogP contribution in [0.1, 0.15) is 35.6 Å². The van der Waals surface area contributed by atoms with Crippen molar-refractivity contribution < 1.29 is 8.83 Å². The van der Waals surface area contributed by atoms with E-state index in [1.165, 1.54) is 60.8 Å². The Bertz CT molecular complexity index is 3320. The molecule has 12 rings (SSSR count). The molecule has 2 aliphatic rings. The van der Waals surface area contributed by atoms with Gasteiger partial charge in [-0.2, -0.15) is 0 Å². The van der Waals surface area contributed by atoms with Crippen molar-refractivity contribution in [3.63, 3.8) is 0 Å². The van der Waals surface area contributed by atoms with Gasteiger partial charge in [-0.25, -0.2) is 0 Å². The number of benzene rings is 7. The summed E-state index contributed by atoms with van der Waals surface area (Å²) in [4.78, 5) is 2.42. The summed E-state index contributed by atoms with van der Waals surface area (Å²) in [5.41, 5.74) is 14.8. The molecule has 3 heterocycles. The first-order valence-electron chi connectivity index (χ1n) is 20.2. The molecule has 4 nitrogen and oxygen atoms in total. The molecule has 0 fully saturated rings. The number of aromatic nitrogens is 1. The molecule has 0 radical (unpaired) electrons. The molecule has 0 saturated heterocycles. The largest absolute Gasteiger partial charge is 0.456 e. The van der Waals surface area contributed by atoms with Crippen molar-refractivity contribution in [3.05, 3.63) is 210 Å². The summed E-state index contributed by atoms with van der Waals surface area (Å²) in [5.74, 6) is 1.08. The summed E-state index contributed by atoms with van der Waals surface area (Å²) >= 11 is 0. The van der Waals surface area contributed by atoms with E-state index >= 15 is 0 Å². The zero-order chi connectivity index (χ0) is 38.2. The molecule has 276 valence electrons. The van der Waals surface area contributed by atoms with Crippen LogP contribution in [-0.2, 0) is 6.42 Å². The molecule has 0 bridgehead atoms. The van der Waals surface area contributed by atoms with Crippen LogP contribution < -0.4 is 4.90 Å². The predicted octanol–water partition coefficient (Wildman–Crippen LogP) is 14.5. The second kappa shape index (κ2) is 13.1. The Morgan fingerprint density at radius 3 is 2.07 bits per heavy atom.